The maximum atomic E-state index is 13.4. The van der Waals surface area contributed by atoms with Crippen LogP contribution < -0.4 is 0 Å². The van der Waals surface area contributed by atoms with Crippen LogP contribution in [0.3, 0.4) is 0 Å². The van der Waals surface area contributed by atoms with E-state index >= 15 is 0 Å². The normalized spacial score (nSPS) is 21.2. The van der Waals surface area contributed by atoms with E-state index in [0.29, 0.717) is 6.42 Å². The first-order chi connectivity index (χ1) is 8.66. The summed E-state index contributed by atoms with van der Waals surface area (Å²) in [6, 6.07) is 4.05. The van der Waals surface area contributed by atoms with Gasteiger partial charge in [-0.05, 0) is 37.3 Å². The van der Waals surface area contributed by atoms with Gasteiger partial charge in [-0.15, -0.1) is 0 Å². The number of halogens is 2. The molecule has 100 valence electrons. The van der Waals surface area contributed by atoms with E-state index in [9.17, 15) is 13.9 Å². The average molecular weight is 256 g/mol. The quantitative estimate of drug-likeness (QED) is 0.877. The van der Waals surface area contributed by atoms with Gasteiger partial charge in [-0.25, -0.2) is 8.78 Å². The standard InChI is InChI=1S/C14H18F2O2/c15-13-5-1-3-10(14(13)16)9-11(17)6-7-12-4-2-8-18-12/h1,3,5,11-12,17H,2,4,6-9H2. The van der Waals surface area contributed by atoms with Gasteiger partial charge in [-0.3, -0.25) is 0 Å². The summed E-state index contributed by atoms with van der Waals surface area (Å²) in [6.07, 6.45) is 3.15. The minimum absolute atomic E-state index is 0.149. The van der Waals surface area contributed by atoms with Gasteiger partial charge in [0.25, 0.3) is 0 Å². The van der Waals surface area contributed by atoms with E-state index in [2.05, 4.69) is 0 Å². The molecule has 1 aromatic carbocycles. The third-order valence-electron chi connectivity index (χ3n) is 3.33. The molecule has 0 spiro atoms. The lowest BCUT2D eigenvalue weighted by atomic mass is 10.0. The topological polar surface area (TPSA) is 29.5 Å². The van der Waals surface area contributed by atoms with E-state index < -0.39 is 17.7 Å². The lowest BCUT2D eigenvalue weighted by molar-refractivity contribution is 0.0810. The van der Waals surface area contributed by atoms with Crippen LogP contribution in [0, 0.1) is 11.6 Å². The smallest absolute Gasteiger partial charge is 0.162 e. The number of aliphatic hydroxyl groups is 1. The van der Waals surface area contributed by atoms with Gasteiger partial charge >= 0.3 is 0 Å². The molecule has 2 nitrogen and oxygen atoms in total. The Balaban J connectivity index is 1.82. The Morgan fingerprint density at radius 3 is 2.94 bits per heavy atom. The van der Waals surface area contributed by atoms with E-state index in [-0.39, 0.29) is 18.1 Å². The van der Waals surface area contributed by atoms with Crippen molar-refractivity contribution in [2.45, 2.75) is 44.3 Å². The van der Waals surface area contributed by atoms with Gasteiger partial charge in [0.05, 0.1) is 12.2 Å². The molecule has 18 heavy (non-hydrogen) atoms. The van der Waals surface area contributed by atoms with Crippen molar-refractivity contribution in [1.29, 1.82) is 0 Å². The molecule has 2 unspecified atom stereocenters. The maximum Gasteiger partial charge on any atom is 0.162 e. The van der Waals surface area contributed by atoms with Gasteiger partial charge in [0.1, 0.15) is 0 Å². The SMILES string of the molecule is OC(CCC1CCCO1)Cc1cccc(F)c1F. The summed E-state index contributed by atoms with van der Waals surface area (Å²) in [5.74, 6) is -1.72. The molecule has 0 saturated carbocycles. The first-order valence-corrected chi connectivity index (χ1v) is 6.39. The summed E-state index contributed by atoms with van der Waals surface area (Å²) in [5, 5.41) is 9.83. The molecule has 1 aliphatic rings. The molecule has 1 aromatic rings. The molecule has 0 bridgehead atoms. The lowest BCUT2D eigenvalue weighted by Gasteiger charge is -2.14. The minimum atomic E-state index is -0.862. The van der Waals surface area contributed by atoms with Crippen molar-refractivity contribution < 1.29 is 18.6 Å². The Hall–Kier alpha value is -1.00. The van der Waals surface area contributed by atoms with E-state index in [1.54, 1.807) is 0 Å². The van der Waals surface area contributed by atoms with E-state index in [0.717, 1.165) is 31.9 Å². The first-order valence-electron chi connectivity index (χ1n) is 6.39. The molecule has 1 heterocycles. The van der Waals surface area contributed by atoms with Crippen molar-refractivity contribution in [2.75, 3.05) is 6.61 Å². The van der Waals surface area contributed by atoms with Crippen LogP contribution in [0.1, 0.15) is 31.2 Å². The molecular weight excluding hydrogens is 238 g/mol. The Bertz CT molecular complexity index is 389. The number of ether oxygens (including phenoxy) is 1. The summed E-state index contributed by atoms with van der Waals surface area (Å²) in [6.45, 7) is 0.791. The summed E-state index contributed by atoms with van der Waals surface area (Å²) >= 11 is 0. The van der Waals surface area contributed by atoms with Crippen molar-refractivity contribution in [1.82, 2.24) is 0 Å². The highest BCUT2D eigenvalue weighted by Gasteiger charge is 2.18. The van der Waals surface area contributed by atoms with Crippen LogP contribution in [0.5, 0.6) is 0 Å². The largest absolute Gasteiger partial charge is 0.393 e. The van der Waals surface area contributed by atoms with Crippen LogP contribution in [-0.4, -0.2) is 23.9 Å². The van der Waals surface area contributed by atoms with E-state index in [1.807, 2.05) is 0 Å². The molecule has 1 fully saturated rings. The van der Waals surface area contributed by atoms with Crippen molar-refractivity contribution in [3.63, 3.8) is 0 Å². The van der Waals surface area contributed by atoms with E-state index in [1.165, 1.54) is 12.1 Å². The molecule has 1 N–H and O–H groups in total. The molecule has 1 aliphatic heterocycles. The fourth-order valence-electron chi connectivity index (χ4n) is 2.31. The average Bonchev–Trinajstić information content (AvgIpc) is 2.86. The van der Waals surface area contributed by atoms with Crippen LogP contribution in [0.25, 0.3) is 0 Å². The predicted octanol–water partition coefficient (Wildman–Crippen LogP) is 2.83. The van der Waals surface area contributed by atoms with Crippen LogP contribution in [0.2, 0.25) is 0 Å². The maximum absolute atomic E-state index is 13.4. The zero-order valence-corrected chi connectivity index (χ0v) is 10.2. The van der Waals surface area contributed by atoms with Crippen LogP contribution in [-0.2, 0) is 11.2 Å². The Kier molecular flexibility index (Phi) is 4.66. The highest BCUT2D eigenvalue weighted by Crippen LogP contribution is 2.20. The Morgan fingerprint density at radius 1 is 1.39 bits per heavy atom. The third-order valence-corrected chi connectivity index (χ3v) is 3.33. The third kappa shape index (κ3) is 3.50. The fourth-order valence-corrected chi connectivity index (χ4v) is 2.31. The highest BCUT2D eigenvalue weighted by molar-refractivity contribution is 5.19. The number of hydrogen-bond donors (Lipinski definition) is 1. The second kappa shape index (κ2) is 6.25. The van der Waals surface area contributed by atoms with Gasteiger partial charge in [-0.2, -0.15) is 0 Å². The second-order valence-electron chi connectivity index (χ2n) is 4.78. The number of rotatable bonds is 5. The summed E-state index contributed by atoms with van der Waals surface area (Å²) < 4.78 is 31.8. The minimum Gasteiger partial charge on any atom is -0.393 e. The Labute approximate surface area is 106 Å². The lowest BCUT2D eigenvalue weighted by Crippen LogP contribution is -2.15. The van der Waals surface area contributed by atoms with Crippen molar-refractivity contribution in [3.05, 3.63) is 35.4 Å². The Morgan fingerprint density at radius 2 is 2.22 bits per heavy atom. The van der Waals surface area contributed by atoms with Gasteiger partial charge in [0.15, 0.2) is 11.6 Å². The summed E-state index contributed by atoms with van der Waals surface area (Å²) in [4.78, 5) is 0. The van der Waals surface area contributed by atoms with Gasteiger partial charge in [0.2, 0.25) is 0 Å². The predicted molar refractivity (Wildman–Crippen MR) is 64.3 cm³/mol. The summed E-state index contributed by atoms with van der Waals surface area (Å²) in [7, 11) is 0. The van der Waals surface area contributed by atoms with Crippen molar-refractivity contribution >= 4 is 0 Å². The van der Waals surface area contributed by atoms with Crippen LogP contribution in [0.15, 0.2) is 18.2 Å². The number of benzene rings is 1. The molecule has 2 rings (SSSR count). The highest BCUT2D eigenvalue weighted by atomic mass is 19.2. The first kappa shape index (κ1) is 13.4. The summed E-state index contributed by atoms with van der Waals surface area (Å²) in [5.41, 5.74) is 0.231. The molecule has 0 radical (unpaired) electrons. The monoisotopic (exact) mass is 256 g/mol. The van der Waals surface area contributed by atoms with Crippen LogP contribution >= 0.6 is 0 Å². The molecule has 2 atom stereocenters. The van der Waals surface area contributed by atoms with Crippen molar-refractivity contribution in [2.24, 2.45) is 0 Å². The van der Waals surface area contributed by atoms with Gasteiger partial charge in [0, 0.05) is 13.0 Å². The molecular formula is C14H18F2O2. The van der Waals surface area contributed by atoms with Gasteiger partial charge in [-0.1, -0.05) is 12.1 Å². The zero-order chi connectivity index (χ0) is 13.0. The second-order valence-corrected chi connectivity index (χ2v) is 4.78. The fraction of sp³-hybridized carbons (Fsp3) is 0.571. The zero-order valence-electron chi connectivity index (χ0n) is 10.2. The number of hydrogen-bond acceptors (Lipinski definition) is 2. The van der Waals surface area contributed by atoms with Gasteiger partial charge < -0.3 is 9.84 Å². The number of aliphatic hydroxyl groups excluding tert-OH is 1. The molecule has 0 aliphatic carbocycles. The molecule has 4 heteroatoms. The molecule has 0 aromatic heterocycles. The molecule has 1 saturated heterocycles. The molecule has 0 amide bonds. The van der Waals surface area contributed by atoms with E-state index in [4.69, 9.17) is 4.74 Å². The van der Waals surface area contributed by atoms with Crippen molar-refractivity contribution in [3.8, 4) is 0 Å². The van der Waals surface area contributed by atoms with Crippen LogP contribution in [0.4, 0.5) is 8.78 Å².